The van der Waals surface area contributed by atoms with Gasteiger partial charge < -0.3 is 15.0 Å². The largest absolute Gasteiger partial charge is 0.465 e. The van der Waals surface area contributed by atoms with E-state index >= 15 is 0 Å². The van der Waals surface area contributed by atoms with E-state index in [9.17, 15) is 9.59 Å². The van der Waals surface area contributed by atoms with Gasteiger partial charge in [-0.1, -0.05) is 48.0 Å². The number of para-hydroxylation sites is 1. The molecule has 2 N–H and O–H groups in total. The van der Waals surface area contributed by atoms with E-state index in [0.717, 1.165) is 16.5 Å². The minimum absolute atomic E-state index is 0.119. The highest BCUT2D eigenvalue weighted by Gasteiger charge is 2.28. The molecular weight excluding hydrogens is 512 g/mol. The van der Waals surface area contributed by atoms with Crippen LogP contribution in [0.2, 0.25) is 5.02 Å². The highest BCUT2D eigenvalue weighted by molar-refractivity contribution is 7.16. The van der Waals surface area contributed by atoms with E-state index in [1.165, 1.54) is 18.4 Å². The van der Waals surface area contributed by atoms with Crippen molar-refractivity contribution in [2.24, 2.45) is 4.99 Å². The van der Waals surface area contributed by atoms with E-state index in [2.05, 4.69) is 20.5 Å². The van der Waals surface area contributed by atoms with Crippen LogP contribution in [0.25, 0.3) is 15.9 Å². The second-order valence-corrected chi connectivity index (χ2v) is 9.72. The molecule has 184 valence electrons. The van der Waals surface area contributed by atoms with Crippen molar-refractivity contribution in [3.63, 3.8) is 0 Å². The number of rotatable bonds is 5. The molecule has 0 atom stereocenters. The molecule has 11 heteroatoms. The van der Waals surface area contributed by atoms with Gasteiger partial charge in [0.15, 0.2) is 11.6 Å². The smallest absolute Gasteiger partial charge is 0.348 e. The summed E-state index contributed by atoms with van der Waals surface area (Å²) >= 11 is 7.75. The Morgan fingerprint density at radius 3 is 2.73 bits per heavy atom. The van der Waals surface area contributed by atoms with E-state index in [1.807, 2.05) is 47.0 Å². The number of amides is 1. The fourth-order valence-electron chi connectivity index (χ4n) is 4.29. The summed E-state index contributed by atoms with van der Waals surface area (Å²) in [7, 11) is 1.34. The second kappa shape index (κ2) is 9.30. The Hall–Kier alpha value is -4.28. The number of nitrogens with one attached hydrogen (secondary N) is 2. The molecule has 0 radical (unpaired) electrons. The molecule has 1 aliphatic heterocycles. The van der Waals surface area contributed by atoms with Crippen molar-refractivity contribution in [3.05, 3.63) is 99.0 Å². The van der Waals surface area contributed by atoms with Crippen LogP contribution in [0.1, 0.15) is 42.9 Å². The minimum atomic E-state index is -0.458. The Balaban J connectivity index is 1.37. The molecule has 0 spiro atoms. The van der Waals surface area contributed by atoms with Crippen molar-refractivity contribution in [2.75, 3.05) is 7.11 Å². The summed E-state index contributed by atoms with van der Waals surface area (Å²) in [6, 6.07) is 18.6. The first-order chi connectivity index (χ1) is 18.0. The number of carbonyl (C=O) groups excluding carboxylic acids is 2. The van der Waals surface area contributed by atoms with Gasteiger partial charge in [0.05, 0.1) is 19.4 Å². The SMILES string of the molecule is COC(=O)c1cc2c(s1)-n1c(nnc1CNC(=O)c1cc3ccccc3[nH]1)CN=C2c1ccccc1Cl. The third-order valence-electron chi connectivity index (χ3n) is 6.04. The molecule has 2 aromatic carbocycles. The number of hydrogen-bond donors (Lipinski definition) is 2. The molecule has 0 saturated heterocycles. The normalized spacial score (nSPS) is 12.4. The number of fused-ring (bicyclic) bond motifs is 4. The van der Waals surface area contributed by atoms with Gasteiger partial charge in [-0.05, 0) is 24.3 Å². The molecule has 0 aliphatic carbocycles. The molecule has 4 heterocycles. The van der Waals surface area contributed by atoms with Gasteiger partial charge >= 0.3 is 5.97 Å². The van der Waals surface area contributed by atoms with Crippen LogP contribution in [-0.4, -0.2) is 44.4 Å². The number of H-pyrrole nitrogens is 1. The van der Waals surface area contributed by atoms with Crippen molar-refractivity contribution in [1.82, 2.24) is 25.1 Å². The first kappa shape index (κ1) is 23.1. The fraction of sp³-hybridized carbons (Fsp3) is 0.115. The molecule has 1 aliphatic rings. The molecule has 3 aromatic heterocycles. The lowest BCUT2D eigenvalue weighted by molar-refractivity contribution is 0.0606. The van der Waals surface area contributed by atoms with Crippen LogP contribution in [0, 0.1) is 0 Å². The maximum absolute atomic E-state index is 12.9. The highest BCUT2D eigenvalue weighted by atomic mass is 35.5. The Kier molecular flexibility index (Phi) is 5.82. The van der Waals surface area contributed by atoms with E-state index in [4.69, 9.17) is 21.3 Å². The van der Waals surface area contributed by atoms with Crippen LogP contribution >= 0.6 is 22.9 Å². The highest BCUT2D eigenvalue weighted by Crippen LogP contribution is 2.34. The lowest BCUT2D eigenvalue weighted by Crippen LogP contribution is -2.25. The molecule has 6 rings (SSSR count). The number of aliphatic imine (C=N–C) groups is 1. The van der Waals surface area contributed by atoms with Gasteiger partial charge in [0.1, 0.15) is 22.1 Å². The van der Waals surface area contributed by atoms with Crippen LogP contribution in [0.4, 0.5) is 0 Å². The number of ether oxygens (including phenoxy) is 1. The number of aromatic amines is 1. The number of esters is 1. The summed E-state index contributed by atoms with van der Waals surface area (Å²) in [6.07, 6.45) is 0. The van der Waals surface area contributed by atoms with Gasteiger partial charge in [-0.15, -0.1) is 21.5 Å². The van der Waals surface area contributed by atoms with Gasteiger partial charge in [0.2, 0.25) is 0 Å². The zero-order valence-corrected chi connectivity index (χ0v) is 21.1. The fourth-order valence-corrected chi connectivity index (χ4v) is 5.64. The summed E-state index contributed by atoms with van der Waals surface area (Å²) in [5, 5.41) is 13.8. The Labute approximate surface area is 219 Å². The van der Waals surface area contributed by atoms with Crippen LogP contribution in [0.5, 0.6) is 0 Å². The average molecular weight is 531 g/mol. The number of thiophene rings is 1. The van der Waals surface area contributed by atoms with Gasteiger partial charge in [-0.3, -0.25) is 14.4 Å². The summed E-state index contributed by atoms with van der Waals surface area (Å²) in [6.45, 7) is 0.367. The summed E-state index contributed by atoms with van der Waals surface area (Å²) in [5.41, 5.74) is 3.43. The second-order valence-electron chi connectivity index (χ2n) is 8.29. The Bertz CT molecular complexity index is 1680. The molecule has 9 nitrogen and oxygen atoms in total. The zero-order valence-electron chi connectivity index (χ0n) is 19.5. The van der Waals surface area contributed by atoms with E-state index < -0.39 is 5.97 Å². The van der Waals surface area contributed by atoms with E-state index in [1.54, 1.807) is 18.2 Å². The molecule has 0 saturated carbocycles. The van der Waals surface area contributed by atoms with E-state index in [-0.39, 0.29) is 19.0 Å². The first-order valence-corrected chi connectivity index (χ1v) is 12.5. The predicted molar refractivity (Wildman–Crippen MR) is 141 cm³/mol. The monoisotopic (exact) mass is 530 g/mol. The quantitative estimate of drug-likeness (QED) is 0.324. The van der Waals surface area contributed by atoms with Crippen molar-refractivity contribution in [3.8, 4) is 5.00 Å². The third-order valence-corrected chi connectivity index (χ3v) is 7.47. The zero-order chi connectivity index (χ0) is 25.5. The van der Waals surface area contributed by atoms with Crippen LogP contribution < -0.4 is 5.32 Å². The first-order valence-electron chi connectivity index (χ1n) is 11.3. The number of aromatic nitrogens is 4. The molecule has 0 bridgehead atoms. The third kappa shape index (κ3) is 4.09. The minimum Gasteiger partial charge on any atom is -0.465 e. The topological polar surface area (TPSA) is 114 Å². The van der Waals surface area contributed by atoms with Crippen molar-refractivity contribution in [1.29, 1.82) is 0 Å². The van der Waals surface area contributed by atoms with Crippen molar-refractivity contribution in [2.45, 2.75) is 13.1 Å². The average Bonchev–Trinajstić information content (AvgIpc) is 3.62. The standard InChI is InChI=1S/C26H19ClN6O3S/c1-36-26(35)20-11-16-23(15-7-3-4-8-17(15)27)28-12-21-31-32-22(33(21)25(16)37-20)13-29-24(34)19-10-14-6-2-5-9-18(14)30-19/h2-11,30H,12-13H2,1H3,(H,29,34). The number of nitrogens with zero attached hydrogens (tertiary/aromatic N) is 4. The van der Waals surface area contributed by atoms with Crippen LogP contribution in [-0.2, 0) is 17.8 Å². The molecule has 0 fully saturated rings. The molecule has 37 heavy (non-hydrogen) atoms. The number of methoxy groups -OCH3 is 1. The maximum Gasteiger partial charge on any atom is 0.348 e. The van der Waals surface area contributed by atoms with Gasteiger partial charge in [0.25, 0.3) is 5.91 Å². The van der Waals surface area contributed by atoms with Crippen LogP contribution in [0.3, 0.4) is 0 Å². The van der Waals surface area contributed by atoms with Gasteiger partial charge in [0, 0.05) is 27.1 Å². The Morgan fingerprint density at radius 2 is 1.92 bits per heavy atom. The lowest BCUT2D eigenvalue weighted by Gasteiger charge is -2.10. The number of hydrogen-bond acceptors (Lipinski definition) is 7. The number of carbonyl (C=O) groups is 2. The van der Waals surface area contributed by atoms with Crippen molar-refractivity contribution >= 4 is 51.4 Å². The number of halogens is 1. The summed E-state index contributed by atoms with van der Waals surface area (Å²) in [4.78, 5) is 33.7. The Morgan fingerprint density at radius 1 is 1.11 bits per heavy atom. The van der Waals surface area contributed by atoms with Gasteiger partial charge in [-0.2, -0.15) is 0 Å². The predicted octanol–water partition coefficient (Wildman–Crippen LogP) is 4.53. The summed E-state index contributed by atoms with van der Waals surface area (Å²) < 4.78 is 6.81. The molecule has 0 unspecified atom stereocenters. The lowest BCUT2D eigenvalue weighted by atomic mass is 10.0. The summed E-state index contributed by atoms with van der Waals surface area (Å²) in [5.74, 6) is 0.364. The molecular formula is C26H19ClN6O3S. The van der Waals surface area contributed by atoms with Crippen LogP contribution in [0.15, 0.2) is 65.7 Å². The molecule has 5 aromatic rings. The van der Waals surface area contributed by atoms with E-state index in [0.29, 0.717) is 43.5 Å². The van der Waals surface area contributed by atoms with Gasteiger partial charge in [-0.25, -0.2) is 4.79 Å². The van der Waals surface area contributed by atoms with Crippen molar-refractivity contribution < 1.29 is 14.3 Å². The number of benzene rings is 2. The maximum atomic E-state index is 12.9. The molecule has 1 amide bonds.